The van der Waals surface area contributed by atoms with Crippen LogP contribution in [0.4, 0.5) is 0 Å². The van der Waals surface area contributed by atoms with Crippen LogP contribution in [0.5, 0.6) is 0 Å². The first-order valence-corrected chi connectivity index (χ1v) is 10.8. The second-order valence-corrected chi connectivity index (χ2v) is 9.06. The summed E-state index contributed by atoms with van der Waals surface area (Å²) in [6, 6.07) is 6.35. The number of rotatable bonds is 5. The summed E-state index contributed by atoms with van der Waals surface area (Å²) in [5.74, 6) is -0.430. The smallest absolute Gasteiger partial charge is 0.253 e. The maximum atomic E-state index is 12.9. The predicted octanol–water partition coefficient (Wildman–Crippen LogP) is 1.25. The average molecular weight is 420 g/mol. The Morgan fingerprint density at radius 3 is 2.48 bits per heavy atom. The van der Waals surface area contributed by atoms with Crippen LogP contribution in [0.15, 0.2) is 34.0 Å². The molecule has 8 nitrogen and oxygen atoms in total. The average Bonchev–Trinajstić information content (AvgIpc) is 2.67. The Bertz CT molecular complexity index is 1090. The molecular formula is C20H25N3O5S. The predicted molar refractivity (Wildman–Crippen MR) is 108 cm³/mol. The number of aromatic amines is 1. The molecule has 0 saturated carbocycles. The first kappa shape index (κ1) is 21.2. The van der Waals surface area contributed by atoms with E-state index in [1.807, 2.05) is 13.0 Å². The van der Waals surface area contributed by atoms with Gasteiger partial charge in [-0.25, -0.2) is 8.42 Å². The molecule has 1 aliphatic rings. The molecule has 1 aliphatic heterocycles. The highest BCUT2D eigenvalue weighted by Gasteiger charge is 2.27. The van der Waals surface area contributed by atoms with Crippen LogP contribution in [0.2, 0.25) is 0 Å². The van der Waals surface area contributed by atoms with Crippen LogP contribution in [-0.2, 0) is 21.3 Å². The summed E-state index contributed by atoms with van der Waals surface area (Å²) in [7, 11) is -3.70. The molecule has 1 aromatic carbocycles. The van der Waals surface area contributed by atoms with Gasteiger partial charge in [0.2, 0.25) is 10.0 Å². The Morgan fingerprint density at radius 1 is 1.14 bits per heavy atom. The number of aryl methyl sites for hydroxylation is 3. The second-order valence-electron chi connectivity index (χ2n) is 7.12. The van der Waals surface area contributed by atoms with Crippen molar-refractivity contribution in [2.75, 3.05) is 26.3 Å². The van der Waals surface area contributed by atoms with E-state index in [0.29, 0.717) is 24.3 Å². The van der Waals surface area contributed by atoms with Crippen LogP contribution >= 0.6 is 0 Å². The second kappa shape index (κ2) is 8.48. The van der Waals surface area contributed by atoms with Crippen molar-refractivity contribution in [1.82, 2.24) is 14.6 Å². The molecule has 2 N–H and O–H groups in total. The summed E-state index contributed by atoms with van der Waals surface area (Å²) in [6.07, 6.45) is 0. The fraction of sp³-hybridized carbons (Fsp3) is 0.400. The number of aromatic nitrogens is 1. The Labute approximate surface area is 169 Å². The minimum absolute atomic E-state index is 0.0557. The minimum Gasteiger partial charge on any atom is -0.379 e. The van der Waals surface area contributed by atoms with Crippen LogP contribution in [0.3, 0.4) is 0 Å². The Hall–Kier alpha value is -2.49. The summed E-state index contributed by atoms with van der Waals surface area (Å²) in [5.41, 5.74) is 2.67. The molecule has 2 aromatic rings. The topological polar surface area (TPSA) is 109 Å². The zero-order valence-electron chi connectivity index (χ0n) is 16.7. The van der Waals surface area contributed by atoms with E-state index >= 15 is 0 Å². The molecule has 2 heterocycles. The molecule has 0 aliphatic carbocycles. The third kappa shape index (κ3) is 4.58. The van der Waals surface area contributed by atoms with Gasteiger partial charge in [-0.05, 0) is 50.1 Å². The summed E-state index contributed by atoms with van der Waals surface area (Å²) in [5, 5.41) is 2.73. The van der Waals surface area contributed by atoms with Crippen molar-refractivity contribution in [3.05, 3.63) is 62.6 Å². The summed E-state index contributed by atoms with van der Waals surface area (Å²) < 4.78 is 32.3. The lowest BCUT2D eigenvalue weighted by molar-refractivity contribution is 0.0730. The molecule has 0 spiro atoms. The number of carbonyl (C=O) groups is 1. The summed E-state index contributed by atoms with van der Waals surface area (Å²) >= 11 is 0. The van der Waals surface area contributed by atoms with Gasteiger partial charge >= 0.3 is 0 Å². The molecule has 156 valence electrons. The van der Waals surface area contributed by atoms with E-state index < -0.39 is 15.9 Å². The molecule has 9 heteroatoms. The van der Waals surface area contributed by atoms with E-state index in [1.165, 1.54) is 16.4 Å². The first-order valence-electron chi connectivity index (χ1n) is 9.36. The monoisotopic (exact) mass is 419 g/mol. The molecule has 1 aromatic heterocycles. The number of benzene rings is 1. The number of hydrogen-bond donors (Lipinski definition) is 2. The van der Waals surface area contributed by atoms with Crippen molar-refractivity contribution in [2.24, 2.45) is 0 Å². The van der Waals surface area contributed by atoms with Gasteiger partial charge in [-0.1, -0.05) is 6.07 Å². The molecule has 0 radical (unpaired) electrons. The molecule has 0 unspecified atom stereocenters. The van der Waals surface area contributed by atoms with Gasteiger partial charge in [0.25, 0.3) is 11.5 Å². The van der Waals surface area contributed by atoms with Crippen LogP contribution in [0.25, 0.3) is 0 Å². The van der Waals surface area contributed by atoms with Gasteiger partial charge < -0.3 is 15.0 Å². The van der Waals surface area contributed by atoms with Crippen molar-refractivity contribution < 1.29 is 17.9 Å². The van der Waals surface area contributed by atoms with Crippen LogP contribution in [-0.4, -0.2) is 49.9 Å². The molecular weight excluding hydrogens is 394 g/mol. The quantitative estimate of drug-likeness (QED) is 0.758. The van der Waals surface area contributed by atoms with E-state index in [0.717, 1.165) is 11.3 Å². The van der Waals surface area contributed by atoms with E-state index in [1.54, 1.807) is 19.9 Å². The molecule has 29 heavy (non-hydrogen) atoms. The summed E-state index contributed by atoms with van der Waals surface area (Å²) in [6.45, 7) is 6.67. The maximum absolute atomic E-state index is 12.9. The number of hydrogen-bond acceptors (Lipinski definition) is 5. The van der Waals surface area contributed by atoms with Crippen molar-refractivity contribution in [3.8, 4) is 0 Å². The molecule has 1 fully saturated rings. The zero-order chi connectivity index (χ0) is 21.2. The number of pyridine rings is 1. The largest absolute Gasteiger partial charge is 0.379 e. The Morgan fingerprint density at radius 2 is 1.83 bits per heavy atom. The first-order chi connectivity index (χ1) is 13.7. The standard InChI is InChI=1S/C20H25N3O5S/c1-13-4-5-16(29(26,27)23-6-8-28-9-7-23)11-17(13)19(24)21-12-18-14(2)10-15(3)22-20(18)25/h4-5,10-11H,6-9,12H2,1-3H3,(H,21,24)(H,22,25). The zero-order valence-corrected chi connectivity index (χ0v) is 17.6. The highest BCUT2D eigenvalue weighted by Crippen LogP contribution is 2.20. The van der Waals surface area contributed by atoms with Crippen LogP contribution < -0.4 is 10.9 Å². The Kier molecular flexibility index (Phi) is 6.21. The highest BCUT2D eigenvalue weighted by molar-refractivity contribution is 7.89. The van der Waals surface area contributed by atoms with Crippen molar-refractivity contribution in [2.45, 2.75) is 32.2 Å². The van der Waals surface area contributed by atoms with Crippen molar-refractivity contribution >= 4 is 15.9 Å². The lowest BCUT2D eigenvalue weighted by atomic mass is 10.1. The van der Waals surface area contributed by atoms with E-state index in [-0.39, 0.29) is 35.7 Å². The fourth-order valence-electron chi connectivity index (χ4n) is 3.31. The lowest BCUT2D eigenvalue weighted by Crippen LogP contribution is -2.40. The van der Waals surface area contributed by atoms with E-state index in [9.17, 15) is 18.0 Å². The maximum Gasteiger partial charge on any atom is 0.253 e. The number of H-pyrrole nitrogens is 1. The van der Waals surface area contributed by atoms with E-state index in [2.05, 4.69) is 10.3 Å². The van der Waals surface area contributed by atoms with Gasteiger partial charge in [-0.15, -0.1) is 0 Å². The molecule has 1 amide bonds. The van der Waals surface area contributed by atoms with Gasteiger partial charge in [0.05, 0.1) is 18.1 Å². The molecule has 3 rings (SSSR count). The highest BCUT2D eigenvalue weighted by atomic mass is 32.2. The number of amides is 1. The minimum atomic E-state index is -3.70. The lowest BCUT2D eigenvalue weighted by Gasteiger charge is -2.26. The van der Waals surface area contributed by atoms with Gasteiger partial charge in [-0.3, -0.25) is 9.59 Å². The number of sulfonamides is 1. The van der Waals surface area contributed by atoms with Gasteiger partial charge in [0.15, 0.2) is 0 Å². The molecule has 0 bridgehead atoms. The number of nitrogens with one attached hydrogen (secondary N) is 2. The van der Waals surface area contributed by atoms with Crippen LogP contribution in [0, 0.1) is 20.8 Å². The van der Waals surface area contributed by atoms with Crippen molar-refractivity contribution in [3.63, 3.8) is 0 Å². The fourth-order valence-corrected chi connectivity index (χ4v) is 4.74. The number of carbonyl (C=O) groups excluding carboxylic acids is 1. The van der Waals surface area contributed by atoms with E-state index in [4.69, 9.17) is 4.74 Å². The summed E-state index contributed by atoms with van der Waals surface area (Å²) in [4.78, 5) is 27.7. The number of morpholine rings is 1. The molecule has 0 atom stereocenters. The SMILES string of the molecule is Cc1cc(C)c(CNC(=O)c2cc(S(=O)(=O)N3CCOCC3)ccc2C)c(=O)[nH]1. The van der Waals surface area contributed by atoms with Gasteiger partial charge in [0.1, 0.15) is 0 Å². The Balaban J connectivity index is 1.83. The number of ether oxygens (including phenoxy) is 1. The van der Waals surface area contributed by atoms with Gasteiger partial charge in [-0.2, -0.15) is 4.31 Å². The third-order valence-electron chi connectivity index (χ3n) is 4.98. The molecule has 1 saturated heterocycles. The van der Waals surface area contributed by atoms with Crippen LogP contribution in [0.1, 0.15) is 32.7 Å². The third-order valence-corrected chi connectivity index (χ3v) is 6.88. The normalized spacial score (nSPS) is 15.3. The van der Waals surface area contributed by atoms with Crippen molar-refractivity contribution in [1.29, 1.82) is 0 Å². The van der Waals surface area contributed by atoms with Gasteiger partial charge in [0, 0.05) is 36.5 Å². The number of nitrogens with zero attached hydrogens (tertiary/aromatic N) is 1.